The molecule has 6 nitrogen and oxygen atoms in total. The number of nitrogens with zero attached hydrogens (tertiary/aromatic N) is 2. The van der Waals surface area contributed by atoms with E-state index < -0.39 is 0 Å². The molecule has 0 unspecified atom stereocenters. The number of nitrogen functional groups attached to an aromatic ring is 1. The molecule has 0 saturated heterocycles. The van der Waals surface area contributed by atoms with Crippen molar-refractivity contribution in [3.05, 3.63) is 11.9 Å². The van der Waals surface area contributed by atoms with Gasteiger partial charge in [-0.25, -0.2) is 9.97 Å². The van der Waals surface area contributed by atoms with Gasteiger partial charge in [0, 0.05) is 20.3 Å². The monoisotopic (exact) mass is 269 g/mol. The van der Waals surface area contributed by atoms with Gasteiger partial charge in [-0.15, -0.1) is 0 Å². The van der Waals surface area contributed by atoms with E-state index in [1.54, 1.807) is 7.11 Å². The van der Waals surface area contributed by atoms with E-state index in [1.807, 2.05) is 0 Å². The molecule has 19 heavy (non-hydrogen) atoms. The molecular weight excluding hydrogens is 246 g/mol. The first kappa shape index (κ1) is 15.7. The smallest absolute Gasteiger partial charge is 0.221 e. The van der Waals surface area contributed by atoms with Gasteiger partial charge in [0.25, 0.3) is 0 Å². The van der Waals surface area contributed by atoms with Crippen LogP contribution >= 0.6 is 0 Å². The molecule has 1 aromatic heterocycles. The Hall–Kier alpha value is -1.40. The second-order valence-electron chi connectivity index (χ2n) is 4.10. The van der Waals surface area contributed by atoms with Crippen LogP contribution in [-0.4, -0.2) is 43.5 Å². The van der Waals surface area contributed by atoms with Crippen LogP contribution in [0.2, 0.25) is 0 Å². The van der Waals surface area contributed by atoms with E-state index in [0.29, 0.717) is 38.1 Å². The van der Waals surface area contributed by atoms with Crippen LogP contribution in [0.1, 0.15) is 25.3 Å². The van der Waals surface area contributed by atoms with Crippen LogP contribution in [0.25, 0.3) is 0 Å². The molecule has 2 N–H and O–H groups in total. The Balaban J connectivity index is 2.30. The topological polar surface area (TPSA) is 79.5 Å². The van der Waals surface area contributed by atoms with E-state index in [9.17, 15) is 0 Å². The van der Waals surface area contributed by atoms with Crippen LogP contribution in [0, 0.1) is 0 Å². The summed E-state index contributed by atoms with van der Waals surface area (Å²) in [5, 5.41) is 0. The number of hydrogen-bond donors (Lipinski definition) is 1. The first-order valence-electron chi connectivity index (χ1n) is 6.58. The fourth-order valence-electron chi connectivity index (χ4n) is 1.62. The van der Waals surface area contributed by atoms with Crippen molar-refractivity contribution in [3.8, 4) is 5.88 Å². The number of hydrogen-bond acceptors (Lipinski definition) is 6. The number of anilines is 1. The van der Waals surface area contributed by atoms with Crippen molar-refractivity contribution < 1.29 is 14.2 Å². The fourth-order valence-corrected chi connectivity index (χ4v) is 1.62. The summed E-state index contributed by atoms with van der Waals surface area (Å²) < 4.78 is 15.9. The third-order valence-electron chi connectivity index (χ3n) is 2.54. The lowest BCUT2D eigenvalue weighted by atomic mass is 10.2. The van der Waals surface area contributed by atoms with Gasteiger partial charge >= 0.3 is 0 Å². The Morgan fingerprint density at radius 1 is 1.16 bits per heavy atom. The third-order valence-corrected chi connectivity index (χ3v) is 2.54. The molecule has 0 fully saturated rings. The second-order valence-corrected chi connectivity index (χ2v) is 4.10. The SMILES string of the molecule is CCCc1c(N)ncnc1OCCOCCCOC. The van der Waals surface area contributed by atoms with Crippen molar-refractivity contribution in [2.45, 2.75) is 26.2 Å². The number of rotatable bonds is 10. The first-order chi connectivity index (χ1) is 9.29. The Morgan fingerprint density at radius 2 is 2.00 bits per heavy atom. The van der Waals surface area contributed by atoms with Gasteiger partial charge in [-0.1, -0.05) is 13.3 Å². The lowest BCUT2D eigenvalue weighted by Gasteiger charge is -2.11. The first-order valence-corrected chi connectivity index (χ1v) is 6.58. The predicted molar refractivity (Wildman–Crippen MR) is 73.2 cm³/mol. The number of aromatic nitrogens is 2. The Labute approximate surface area is 114 Å². The molecule has 0 aliphatic heterocycles. The normalized spacial score (nSPS) is 10.6. The van der Waals surface area contributed by atoms with Crippen LogP contribution in [0.15, 0.2) is 6.33 Å². The lowest BCUT2D eigenvalue weighted by molar-refractivity contribution is 0.0793. The maximum atomic E-state index is 5.82. The Kier molecular flexibility index (Phi) is 7.84. The molecule has 1 rings (SSSR count). The number of nitrogens with two attached hydrogens (primary N) is 1. The van der Waals surface area contributed by atoms with Gasteiger partial charge in [-0.2, -0.15) is 0 Å². The standard InChI is InChI=1S/C13H23N3O3/c1-3-5-11-12(14)15-10-16-13(11)19-9-8-18-7-4-6-17-2/h10H,3-9H2,1-2H3,(H2,14,15,16). The molecular formula is C13H23N3O3. The van der Waals surface area contributed by atoms with Gasteiger partial charge in [-0.3, -0.25) is 0 Å². The van der Waals surface area contributed by atoms with Crippen LogP contribution in [0.4, 0.5) is 5.82 Å². The highest BCUT2D eigenvalue weighted by atomic mass is 16.5. The van der Waals surface area contributed by atoms with Crippen molar-refractivity contribution in [1.82, 2.24) is 9.97 Å². The van der Waals surface area contributed by atoms with E-state index in [0.717, 1.165) is 24.8 Å². The van der Waals surface area contributed by atoms with E-state index in [2.05, 4.69) is 16.9 Å². The molecule has 6 heteroatoms. The molecule has 0 saturated carbocycles. The summed E-state index contributed by atoms with van der Waals surface area (Å²) in [4.78, 5) is 8.09. The van der Waals surface area contributed by atoms with E-state index in [-0.39, 0.29) is 0 Å². The van der Waals surface area contributed by atoms with Crippen LogP contribution in [0.5, 0.6) is 5.88 Å². The fraction of sp³-hybridized carbons (Fsp3) is 0.692. The van der Waals surface area contributed by atoms with Gasteiger partial charge in [0.2, 0.25) is 5.88 Å². The van der Waals surface area contributed by atoms with Gasteiger partial charge in [0.05, 0.1) is 12.2 Å². The number of methoxy groups -OCH3 is 1. The summed E-state index contributed by atoms with van der Waals surface area (Å²) in [6.07, 6.45) is 4.10. The highest BCUT2D eigenvalue weighted by Crippen LogP contribution is 2.20. The zero-order valence-electron chi connectivity index (χ0n) is 11.7. The maximum Gasteiger partial charge on any atom is 0.221 e. The summed E-state index contributed by atoms with van der Waals surface area (Å²) in [5.74, 6) is 1.06. The van der Waals surface area contributed by atoms with Crippen molar-refractivity contribution >= 4 is 5.82 Å². The minimum atomic E-state index is 0.458. The lowest BCUT2D eigenvalue weighted by Crippen LogP contribution is -2.11. The zero-order valence-corrected chi connectivity index (χ0v) is 11.7. The summed E-state index contributed by atoms with van der Waals surface area (Å²) in [6, 6.07) is 0. The summed E-state index contributed by atoms with van der Waals surface area (Å²) in [7, 11) is 1.68. The summed E-state index contributed by atoms with van der Waals surface area (Å²) in [6.45, 7) is 4.45. The maximum absolute atomic E-state index is 5.82. The molecule has 1 aromatic rings. The van der Waals surface area contributed by atoms with E-state index >= 15 is 0 Å². The van der Waals surface area contributed by atoms with E-state index in [1.165, 1.54) is 6.33 Å². The highest BCUT2D eigenvalue weighted by molar-refractivity contribution is 5.44. The highest BCUT2D eigenvalue weighted by Gasteiger charge is 2.09. The third kappa shape index (κ3) is 5.85. The van der Waals surface area contributed by atoms with Gasteiger partial charge in [0.15, 0.2) is 0 Å². The van der Waals surface area contributed by atoms with Crippen molar-refractivity contribution in [3.63, 3.8) is 0 Å². The molecule has 0 aliphatic carbocycles. The molecule has 0 aliphatic rings. The molecule has 0 atom stereocenters. The van der Waals surface area contributed by atoms with E-state index in [4.69, 9.17) is 19.9 Å². The molecule has 0 amide bonds. The molecule has 0 bridgehead atoms. The second kappa shape index (κ2) is 9.52. The molecule has 0 spiro atoms. The predicted octanol–water partition coefficient (Wildman–Crippen LogP) is 1.44. The van der Waals surface area contributed by atoms with Crippen molar-refractivity contribution in [2.24, 2.45) is 0 Å². The van der Waals surface area contributed by atoms with Crippen molar-refractivity contribution in [2.75, 3.05) is 39.3 Å². The molecule has 0 radical (unpaired) electrons. The Morgan fingerprint density at radius 3 is 2.74 bits per heavy atom. The van der Waals surface area contributed by atoms with Crippen LogP contribution < -0.4 is 10.5 Å². The Bertz CT molecular complexity index is 361. The van der Waals surface area contributed by atoms with Crippen molar-refractivity contribution in [1.29, 1.82) is 0 Å². The average Bonchev–Trinajstić information content (AvgIpc) is 2.41. The summed E-state index contributed by atoms with van der Waals surface area (Å²) in [5.41, 5.74) is 6.70. The largest absolute Gasteiger partial charge is 0.475 e. The van der Waals surface area contributed by atoms with Gasteiger partial charge < -0.3 is 19.9 Å². The molecule has 1 heterocycles. The number of ether oxygens (including phenoxy) is 3. The summed E-state index contributed by atoms with van der Waals surface area (Å²) >= 11 is 0. The molecule has 108 valence electrons. The molecule has 0 aromatic carbocycles. The van der Waals surface area contributed by atoms with Gasteiger partial charge in [-0.05, 0) is 12.8 Å². The van der Waals surface area contributed by atoms with Crippen LogP contribution in [-0.2, 0) is 15.9 Å². The zero-order chi connectivity index (χ0) is 13.9. The quantitative estimate of drug-likeness (QED) is 0.647. The minimum Gasteiger partial charge on any atom is -0.475 e. The average molecular weight is 269 g/mol. The van der Waals surface area contributed by atoms with Gasteiger partial charge in [0.1, 0.15) is 18.8 Å². The minimum absolute atomic E-state index is 0.458. The van der Waals surface area contributed by atoms with Crippen LogP contribution in [0.3, 0.4) is 0 Å².